The highest BCUT2D eigenvalue weighted by atomic mass is 35.5. The SMILES string of the molecule is Cc1nc(Nc2cc(Cl)ccc2Cl)cc(Nc2ccccc2C(=O)O)n1. The Hall–Kier alpha value is -2.83. The van der Waals surface area contributed by atoms with E-state index in [2.05, 4.69) is 20.6 Å². The highest BCUT2D eigenvalue weighted by Crippen LogP contribution is 2.29. The number of aryl methyl sites for hydroxylation is 1. The molecule has 0 aliphatic heterocycles. The lowest BCUT2D eigenvalue weighted by atomic mass is 10.2. The molecule has 0 bridgehead atoms. The van der Waals surface area contributed by atoms with Gasteiger partial charge in [-0.15, -0.1) is 0 Å². The van der Waals surface area contributed by atoms with Crippen LogP contribution in [0.25, 0.3) is 0 Å². The lowest BCUT2D eigenvalue weighted by Crippen LogP contribution is -2.05. The Morgan fingerprint density at radius 1 is 0.962 bits per heavy atom. The van der Waals surface area contributed by atoms with E-state index in [1.807, 2.05) is 0 Å². The van der Waals surface area contributed by atoms with E-state index in [1.54, 1.807) is 49.4 Å². The number of aromatic carboxylic acids is 1. The number of halogens is 2. The van der Waals surface area contributed by atoms with Crippen molar-refractivity contribution in [1.82, 2.24) is 9.97 Å². The van der Waals surface area contributed by atoms with Crippen LogP contribution in [-0.2, 0) is 0 Å². The Labute approximate surface area is 159 Å². The molecular formula is C18H14Cl2N4O2. The molecule has 0 saturated carbocycles. The predicted molar refractivity (Wildman–Crippen MR) is 103 cm³/mol. The van der Waals surface area contributed by atoms with Crippen molar-refractivity contribution in [3.05, 3.63) is 70.0 Å². The van der Waals surface area contributed by atoms with Crippen LogP contribution in [-0.4, -0.2) is 21.0 Å². The van der Waals surface area contributed by atoms with Crippen molar-refractivity contribution < 1.29 is 9.90 Å². The number of hydrogen-bond acceptors (Lipinski definition) is 5. The molecule has 0 aliphatic carbocycles. The molecule has 132 valence electrons. The van der Waals surface area contributed by atoms with Crippen molar-refractivity contribution in [3.8, 4) is 0 Å². The molecule has 0 spiro atoms. The highest BCUT2D eigenvalue weighted by molar-refractivity contribution is 6.35. The summed E-state index contributed by atoms with van der Waals surface area (Å²) in [6.45, 7) is 1.74. The second-order valence-corrected chi connectivity index (χ2v) is 6.25. The summed E-state index contributed by atoms with van der Waals surface area (Å²) in [5, 5.41) is 16.4. The third kappa shape index (κ3) is 4.22. The van der Waals surface area contributed by atoms with Gasteiger partial charge < -0.3 is 15.7 Å². The first-order chi connectivity index (χ1) is 12.4. The summed E-state index contributed by atoms with van der Waals surface area (Å²) in [7, 11) is 0. The number of benzene rings is 2. The van der Waals surface area contributed by atoms with Crippen LogP contribution in [0.2, 0.25) is 10.0 Å². The molecule has 26 heavy (non-hydrogen) atoms. The Kier molecular flexibility index (Phi) is 5.25. The number of rotatable bonds is 5. The lowest BCUT2D eigenvalue weighted by molar-refractivity contribution is 0.0698. The van der Waals surface area contributed by atoms with Crippen LogP contribution in [0.3, 0.4) is 0 Å². The van der Waals surface area contributed by atoms with Gasteiger partial charge in [-0.05, 0) is 37.3 Å². The fraction of sp³-hybridized carbons (Fsp3) is 0.0556. The molecule has 1 aromatic heterocycles. The summed E-state index contributed by atoms with van der Waals surface area (Å²) in [5.74, 6) is 0.426. The Bertz CT molecular complexity index is 979. The third-order valence-corrected chi connectivity index (χ3v) is 4.01. The van der Waals surface area contributed by atoms with E-state index in [1.165, 1.54) is 6.07 Å². The van der Waals surface area contributed by atoms with Crippen LogP contribution in [0.15, 0.2) is 48.5 Å². The molecule has 1 heterocycles. The number of carboxylic acids is 1. The van der Waals surface area contributed by atoms with Crippen molar-refractivity contribution in [2.24, 2.45) is 0 Å². The van der Waals surface area contributed by atoms with Crippen LogP contribution >= 0.6 is 23.2 Å². The van der Waals surface area contributed by atoms with Gasteiger partial charge in [0.05, 0.1) is 22.0 Å². The smallest absolute Gasteiger partial charge is 0.337 e. The van der Waals surface area contributed by atoms with Gasteiger partial charge in [-0.25, -0.2) is 14.8 Å². The van der Waals surface area contributed by atoms with Gasteiger partial charge in [-0.3, -0.25) is 0 Å². The third-order valence-electron chi connectivity index (χ3n) is 3.45. The summed E-state index contributed by atoms with van der Waals surface area (Å²) < 4.78 is 0. The number of anilines is 4. The minimum absolute atomic E-state index is 0.149. The fourth-order valence-electron chi connectivity index (χ4n) is 2.34. The number of hydrogen-bond donors (Lipinski definition) is 3. The molecule has 2 aromatic carbocycles. The summed E-state index contributed by atoms with van der Waals surface area (Å²) in [4.78, 5) is 20.0. The van der Waals surface area contributed by atoms with Crippen LogP contribution in [0.4, 0.5) is 23.0 Å². The molecule has 0 amide bonds. The van der Waals surface area contributed by atoms with Crippen LogP contribution in [0.1, 0.15) is 16.2 Å². The lowest BCUT2D eigenvalue weighted by Gasteiger charge is -2.12. The molecule has 3 rings (SSSR count). The number of carboxylic acid groups (broad SMARTS) is 1. The van der Waals surface area contributed by atoms with Gasteiger partial charge in [0.1, 0.15) is 17.5 Å². The van der Waals surface area contributed by atoms with Gasteiger partial charge in [0.25, 0.3) is 0 Å². The maximum Gasteiger partial charge on any atom is 0.337 e. The average Bonchev–Trinajstić information content (AvgIpc) is 2.58. The number of nitrogens with zero attached hydrogens (tertiary/aromatic N) is 2. The monoisotopic (exact) mass is 388 g/mol. The van der Waals surface area contributed by atoms with E-state index in [0.29, 0.717) is 38.9 Å². The molecule has 0 saturated heterocycles. The topological polar surface area (TPSA) is 87.1 Å². The summed E-state index contributed by atoms with van der Waals surface area (Å²) in [5.41, 5.74) is 1.19. The molecule has 0 unspecified atom stereocenters. The molecule has 3 aromatic rings. The van der Waals surface area contributed by atoms with Gasteiger partial charge in [0.2, 0.25) is 0 Å². The number of para-hydroxylation sites is 1. The number of aromatic nitrogens is 2. The normalized spacial score (nSPS) is 10.4. The minimum atomic E-state index is -1.03. The van der Waals surface area contributed by atoms with E-state index in [4.69, 9.17) is 23.2 Å². The summed E-state index contributed by atoms with van der Waals surface area (Å²) in [6.07, 6.45) is 0. The molecule has 0 fully saturated rings. The zero-order valence-corrected chi connectivity index (χ0v) is 15.1. The predicted octanol–water partition coefficient (Wildman–Crippen LogP) is 5.28. The molecule has 6 nitrogen and oxygen atoms in total. The molecule has 0 radical (unpaired) electrons. The maximum atomic E-state index is 11.3. The molecule has 0 atom stereocenters. The molecule has 3 N–H and O–H groups in total. The quantitative estimate of drug-likeness (QED) is 0.551. The first-order valence-electron chi connectivity index (χ1n) is 7.59. The van der Waals surface area contributed by atoms with Crippen LogP contribution in [0.5, 0.6) is 0 Å². The van der Waals surface area contributed by atoms with E-state index in [0.717, 1.165) is 0 Å². The van der Waals surface area contributed by atoms with E-state index < -0.39 is 5.97 Å². The highest BCUT2D eigenvalue weighted by Gasteiger charge is 2.11. The zero-order chi connectivity index (χ0) is 18.7. The van der Waals surface area contributed by atoms with Gasteiger partial charge >= 0.3 is 5.97 Å². The fourth-order valence-corrected chi connectivity index (χ4v) is 2.68. The average molecular weight is 389 g/mol. The van der Waals surface area contributed by atoms with E-state index in [-0.39, 0.29) is 5.56 Å². The Morgan fingerprint density at radius 3 is 2.31 bits per heavy atom. The molecule has 8 heteroatoms. The Morgan fingerprint density at radius 2 is 1.62 bits per heavy atom. The first kappa shape index (κ1) is 18.0. The van der Waals surface area contributed by atoms with Gasteiger partial charge in [0.15, 0.2) is 0 Å². The zero-order valence-electron chi connectivity index (χ0n) is 13.6. The number of carbonyl (C=O) groups is 1. The second-order valence-electron chi connectivity index (χ2n) is 5.41. The maximum absolute atomic E-state index is 11.3. The summed E-state index contributed by atoms with van der Waals surface area (Å²) >= 11 is 12.2. The standard InChI is InChI=1S/C18H14Cl2N4O2/c1-10-21-16(23-14-5-3-2-4-12(14)18(25)26)9-17(22-10)24-15-8-11(19)6-7-13(15)20/h2-9H,1H3,(H,25,26)(H2,21,22,23,24). The van der Waals surface area contributed by atoms with Crippen LogP contribution in [0, 0.1) is 6.92 Å². The minimum Gasteiger partial charge on any atom is -0.478 e. The van der Waals surface area contributed by atoms with Gasteiger partial charge in [-0.1, -0.05) is 35.3 Å². The van der Waals surface area contributed by atoms with Gasteiger partial charge in [0, 0.05) is 11.1 Å². The van der Waals surface area contributed by atoms with E-state index in [9.17, 15) is 9.90 Å². The van der Waals surface area contributed by atoms with Gasteiger partial charge in [-0.2, -0.15) is 0 Å². The first-order valence-corrected chi connectivity index (χ1v) is 8.35. The Balaban J connectivity index is 1.91. The van der Waals surface area contributed by atoms with Crippen molar-refractivity contribution in [3.63, 3.8) is 0 Å². The van der Waals surface area contributed by atoms with Crippen molar-refractivity contribution >= 4 is 52.2 Å². The van der Waals surface area contributed by atoms with Crippen molar-refractivity contribution in [2.45, 2.75) is 6.92 Å². The van der Waals surface area contributed by atoms with Crippen molar-refractivity contribution in [1.29, 1.82) is 0 Å². The summed E-state index contributed by atoms with van der Waals surface area (Å²) in [6, 6.07) is 13.3. The molecular weight excluding hydrogens is 375 g/mol. The largest absolute Gasteiger partial charge is 0.478 e. The number of nitrogens with one attached hydrogen (secondary N) is 2. The second kappa shape index (κ2) is 7.59. The van der Waals surface area contributed by atoms with E-state index >= 15 is 0 Å². The molecule has 0 aliphatic rings. The van der Waals surface area contributed by atoms with Crippen molar-refractivity contribution in [2.75, 3.05) is 10.6 Å². The van der Waals surface area contributed by atoms with Crippen LogP contribution < -0.4 is 10.6 Å².